The van der Waals surface area contributed by atoms with Crippen molar-refractivity contribution in [2.24, 2.45) is 4.99 Å². The summed E-state index contributed by atoms with van der Waals surface area (Å²) in [6.45, 7) is 12.9. The van der Waals surface area contributed by atoms with Crippen LogP contribution in [0.15, 0.2) is 4.99 Å². The Morgan fingerprint density at radius 3 is 2.65 bits per heavy atom. The van der Waals surface area contributed by atoms with E-state index in [4.69, 9.17) is 4.74 Å². The average Bonchev–Trinajstić information content (AvgIpc) is 2.51. The molecule has 0 bridgehead atoms. The zero-order chi connectivity index (χ0) is 16.9. The van der Waals surface area contributed by atoms with Gasteiger partial charge in [0.05, 0.1) is 13.2 Å². The minimum absolute atomic E-state index is 0.0654. The smallest absolute Gasteiger partial charge is 0.221 e. The van der Waals surface area contributed by atoms with Crippen LogP contribution < -0.4 is 16.0 Å². The third-order valence-corrected chi connectivity index (χ3v) is 3.44. The van der Waals surface area contributed by atoms with E-state index in [0.29, 0.717) is 13.0 Å². The van der Waals surface area contributed by atoms with E-state index in [2.05, 4.69) is 25.8 Å². The lowest BCUT2D eigenvalue weighted by molar-refractivity contribution is -0.121. The van der Waals surface area contributed by atoms with Gasteiger partial charge in [-0.1, -0.05) is 0 Å². The topological polar surface area (TPSA) is 78.0 Å². The number of aliphatic imine (C=N–C) groups is 1. The van der Waals surface area contributed by atoms with Crippen molar-refractivity contribution >= 4 is 11.9 Å². The third kappa shape index (κ3) is 10.1. The largest absolute Gasteiger partial charge is 0.379 e. The van der Waals surface area contributed by atoms with E-state index in [1.807, 2.05) is 20.8 Å². The second kappa shape index (κ2) is 12.1. The molecule has 1 aliphatic heterocycles. The minimum atomic E-state index is 0.0654. The number of nitrogens with zero attached hydrogens (tertiary/aromatic N) is 2. The molecule has 1 heterocycles. The predicted molar refractivity (Wildman–Crippen MR) is 93.8 cm³/mol. The molecule has 0 aromatic heterocycles. The molecule has 1 aliphatic rings. The van der Waals surface area contributed by atoms with Crippen LogP contribution in [0.3, 0.4) is 0 Å². The Morgan fingerprint density at radius 2 is 2.00 bits per heavy atom. The summed E-state index contributed by atoms with van der Waals surface area (Å²) >= 11 is 0. The Balaban J connectivity index is 2.19. The first kappa shape index (κ1) is 19.7. The molecule has 1 fully saturated rings. The Bertz CT molecular complexity index is 354. The molecule has 1 saturated heterocycles. The number of hydrogen-bond acceptors (Lipinski definition) is 4. The molecule has 3 N–H and O–H groups in total. The first-order valence-electron chi connectivity index (χ1n) is 8.73. The van der Waals surface area contributed by atoms with Gasteiger partial charge in [0.2, 0.25) is 5.91 Å². The van der Waals surface area contributed by atoms with Crippen molar-refractivity contribution in [1.29, 1.82) is 0 Å². The summed E-state index contributed by atoms with van der Waals surface area (Å²) in [5, 5.41) is 9.30. The van der Waals surface area contributed by atoms with Gasteiger partial charge in [-0.05, 0) is 27.2 Å². The highest BCUT2D eigenvalue weighted by molar-refractivity contribution is 5.81. The Kier molecular flexibility index (Phi) is 10.4. The van der Waals surface area contributed by atoms with Gasteiger partial charge in [0.15, 0.2) is 5.96 Å². The number of carbonyl (C=O) groups excluding carboxylic acids is 1. The number of hydrogen-bond donors (Lipinski definition) is 3. The molecule has 0 aliphatic carbocycles. The summed E-state index contributed by atoms with van der Waals surface area (Å²) in [6, 6.07) is 0.185. The number of guanidine groups is 1. The number of morpholine rings is 1. The van der Waals surface area contributed by atoms with Crippen molar-refractivity contribution in [2.75, 3.05) is 52.5 Å². The summed E-state index contributed by atoms with van der Waals surface area (Å²) in [5.74, 6) is 0.850. The predicted octanol–water partition coefficient (Wildman–Crippen LogP) is 0.179. The van der Waals surface area contributed by atoms with Gasteiger partial charge < -0.3 is 20.7 Å². The quantitative estimate of drug-likeness (QED) is 0.320. The minimum Gasteiger partial charge on any atom is -0.379 e. The second-order valence-electron chi connectivity index (χ2n) is 5.97. The van der Waals surface area contributed by atoms with Crippen LogP contribution in [0.2, 0.25) is 0 Å². The van der Waals surface area contributed by atoms with E-state index in [0.717, 1.165) is 58.3 Å². The monoisotopic (exact) mass is 327 g/mol. The summed E-state index contributed by atoms with van der Waals surface area (Å²) in [4.78, 5) is 18.6. The molecule has 134 valence electrons. The Labute approximate surface area is 140 Å². The maximum Gasteiger partial charge on any atom is 0.221 e. The molecule has 1 amide bonds. The molecule has 0 aromatic rings. The normalized spacial score (nSPS) is 16.4. The van der Waals surface area contributed by atoms with Gasteiger partial charge in [0, 0.05) is 51.7 Å². The molecular formula is C16H33N5O2. The molecule has 1 rings (SSSR count). The van der Waals surface area contributed by atoms with Crippen molar-refractivity contribution in [1.82, 2.24) is 20.9 Å². The number of ether oxygens (including phenoxy) is 1. The van der Waals surface area contributed by atoms with Crippen molar-refractivity contribution in [2.45, 2.75) is 39.7 Å². The lowest BCUT2D eigenvalue weighted by atomic mass is 10.3. The number of amides is 1. The highest BCUT2D eigenvalue weighted by atomic mass is 16.5. The third-order valence-electron chi connectivity index (χ3n) is 3.44. The van der Waals surface area contributed by atoms with Gasteiger partial charge in [-0.15, -0.1) is 0 Å². The summed E-state index contributed by atoms with van der Waals surface area (Å²) in [6.07, 6.45) is 1.49. The summed E-state index contributed by atoms with van der Waals surface area (Å²) in [5.41, 5.74) is 0. The maximum absolute atomic E-state index is 11.6. The van der Waals surface area contributed by atoms with Crippen LogP contribution in [0.25, 0.3) is 0 Å². The fraction of sp³-hybridized carbons (Fsp3) is 0.875. The van der Waals surface area contributed by atoms with Crippen molar-refractivity contribution < 1.29 is 9.53 Å². The molecule has 0 aromatic carbocycles. The van der Waals surface area contributed by atoms with E-state index in [9.17, 15) is 4.79 Å². The van der Waals surface area contributed by atoms with Gasteiger partial charge in [-0.2, -0.15) is 0 Å². The molecular weight excluding hydrogens is 294 g/mol. The Hall–Kier alpha value is -1.34. The summed E-state index contributed by atoms with van der Waals surface area (Å²) in [7, 11) is 0. The molecule has 0 spiro atoms. The van der Waals surface area contributed by atoms with Gasteiger partial charge in [0.1, 0.15) is 0 Å². The highest BCUT2D eigenvalue weighted by Crippen LogP contribution is 1.98. The lowest BCUT2D eigenvalue weighted by Gasteiger charge is -2.26. The van der Waals surface area contributed by atoms with Crippen molar-refractivity contribution in [3.63, 3.8) is 0 Å². The first-order valence-corrected chi connectivity index (χ1v) is 8.73. The first-order chi connectivity index (χ1) is 11.1. The molecule has 0 radical (unpaired) electrons. The fourth-order valence-electron chi connectivity index (χ4n) is 2.34. The van der Waals surface area contributed by atoms with Crippen LogP contribution >= 0.6 is 0 Å². The molecule has 23 heavy (non-hydrogen) atoms. The molecule has 0 unspecified atom stereocenters. The number of rotatable bonds is 9. The molecule has 7 nitrogen and oxygen atoms in total. The molecule has 0 atom stereocenters. The second-order valence-corrected chi connectivity index (χ2v) is 5.97. The van der Waals surface area contributed by atoms with Crippen LogP contribution in [0.4, 0.5) is 0 Å². The van der Waals surface area contributed by atoms with E-state index in [1.54, 1.807) is 0 Å². The van der Waals surface area contributed by atoms with E-state index in [1.165, 1.54) is 0 Å². The Morgan fingerprint density at radius 1 is 1.26 bits per heavy atom. The highest BCUT2D eigenvalue weighted by Gasteiger charge is 2.09. The SMILES string of the molecule is CCNC(=NCCCN1CCOCC1)NCCC(=O)NC(C)C. The van der Waals surface area contributed by atoms with Crippen LogP contribution in [-0.4, -0.2) is 75.3 Å². The molecule has 7 heteroatoms. The maximum atomic E-state index is 11.6. The van der Waals surface area contributed by atoms with Crippen LogP contribution in [0.5, 0.6) is 0 Å². The van der Waals surface area contributed by atoms with Gasteiger partial charge in [-0.3, -0.25) is 14.7 Å². The standard InChI is InChI=1S/C16H33N5O2/c1-4-17-16(19-8-6-15(22)20-14(2)3)18-7-5-9-21-10-12-23-13-11-21/h14H,4-13H2,1-3H3,(H,20,22)(H2,17,18,19). The zero-order valence-corrected chi connectivity index (χ0v) is 14.9. The van der Waals surface area contributed by atoms with Gasteiger partial charge >= 0.3 is 0 Å². The number of nitrogens with one attached hydrogen (secondary N) is 3. The van der Waals surface area contributed by atoms with E-state index in [-0.39, 0.29) is 11.9 Å². The van der Waals surface area contributed by atoms with E-state index >= 15 is 0 Å². The van der Waals surface area contributed by atoms with Crippen LogP contribution in [0, 0.1) is 0 Å². The fourth-order valence-corrected chi connectivity index (χ4v) is 2.34. The van der Waals surface area contributed by atoms with Crippen LogP contribution in [0.1, 0.15) is 33.6 Å². The van der Waals surface area contributed by atoms with Crippen molar-refractivity contribution in [3.8, 4) is 0 Å². The van der Waals surface area contributed by atoms with Gasteiger partial charge in [0.25, 0.3) is 0 Å². The zero-order valence-electron chi connectivity index (χ0n) is 14.9. The molecule has 0 saturated carbocycles. The van der Waals surface area contributed by atoms with Crippen LogP contribution in [-0.2, 0) is 9.53 Å². The number of carbonyl (C=O) groups is 1. The van der Waals surface area contributed by atoms with E-state index < -0.39 is 0 Å². The lowest BCUT2D eigenvalue weighted by Crippen LogP contribution is -2.40. The summed E-state index contributed by atoms with van der Waals surface area (Å²) < 4.78 is 5.34. The van der Waals surface area contributed by atoms with Crippen molar-refractivity contribution in [3.05, 3.63) is 0 Å². The van der Waals surface area contributed by atoms with Gasteiger partial charge in [-0.25, -0.2) is 0 Å². The average molecular weight is 327 g/mol.